The van der Waals surface area contributed by atoms with Crippen molar-refractivity contribution in [1.82, 2.24) is 10.6 Å². The van der Waals surface area contributed by atoms with Gasteiger partial charge in [-0.15, -0.1) is 0 Å². The summed E-state index contributed by atoms with van der Waals surface area (Å²) in [5.41, 5.74) is 0.671. The average Bonchev–Trinajstić information content (AvgIpc) is 2.42. The van der Waals surface area contributed by atoms with Gasteiger partial charge in [-0.05, 0) is 72.9 Å². The lowest BCUT2D eigenvalue weighted by atomic mass is 9.92. The van der Waals surface area contributed by atoms with Crippen LogP contribution in [-0.2, 0) is 0 Å². The van der Waals surface area contributed by atoms with Crippen molar-refractivity contribution in [2.45, 2.75) is 25.8 Å². The van der Waals surface area contributed by atoms with E-state index in [1.54, 1.807) is 0 Å². The lowest BCUT2D eigenvalue weighted by Gasteiger charge is -2.29. The molecule has 1 amide bonds. The molecular weight excluding hydrogens is 372 g/mol. The molecule has 3 nitrogen and oxygen atoms in total. The molecule has 1 saturated heterocycles. The van der Waals surface area contributed by atoms with Crippen LogP contribution >= 0.6 is 31.9 Å². The van der Waals surface area contributed by atoms with Crippen molar-refractivity contribution in [3.8, 4) is 0 Å². The second-order valence-corrected chi connectivity index (χ2v) is 6.76. The third-order valence-electron chi connectivity index (χ3n) is 3.57. The number of carbonyl (C=O) groups is 1. The Bertz CT molecular complexity index is 459. The molecule has 0 radical (unpaired) electrons. The molecule has 0 spiro atoms. The van der Waals surface area contributed by atoms with Crippen LogP contribution in [0.15, 0.2) is 27.1 Å². The molecule has 0 aromatic heterocycles. The highest BCUT2D eigenvalue weighted by Crippen LogP contribution is 2.22. The maximum absolute atomic E-state index is 12.3. The molecule has 5 heteroatoms. The highest BCUT2D eigenvalue weighted by Gasteiger charge is 2.22. The SMILES string of the molecule is CC(NC(=O)c1cc(Br)ccc1Br)C1CCCNC1. The zero-order valence-electron chi connectivity index (χ0n) is 10.9. The summed E-state index contributed by atoms with van der Waals surface area (Å²) in [6.45, 7) is 4.16. The summed E-state index contributed by atoms with van der Waals surface area (Å²) >= 11 is 6.82. The van der Waals surface area contributed by atoms with Crippen LogP contribution in [0.25, 0.3) is 0 Å². The third-order valence-corrected chi connectivity index (χ3v) is 4.76. The van der Waals surface area contributed by atoms with Gasteiger partial charge in [0.25, 0.3) is 5.91 Å². The average molecular weight is 390 g/mol. The summed E-state index contributed by atoms with van der Waals surface area (Å²) in [7, 11) is 0. The number of hydrogen-bond donors (Lipinski definition) is 2. The maximum Gasteiger partial charge on any atom is 0.252 e. The summed E-state index contributed by atoms with van der Waals surface area (Å²) < 4.78 is 1.73. The second-order valence-electron chi connectivity index (χ2n) is 4.99. The fourth-order valence-electron chi connectivity index (χ4n) is 2.38. The molecule has 2 unspecified atom stereocenters. The van der Waals surface area contributed by atoms with Crippen LogP contribution in [0.2, 0.25) is 0 Å². The van der Waals surface area contributed by atoms with Crippen LogP contribution in [-0.4, -0.2) is 25.0 Å². The van der Waals surface area contributed by atoms with Crippen molar-refractivity contribution >= 4 is 37.8 Å². The number of benzene rings is 1. The van der Waals surface area contributed by atoms with E-state index in [1.807, 2.05) is 18.2 Å². The van der Waals surface area contributed by atoms with Gasteiger partial charge in [0.1, 0.15) is 0 Å². The monoisotopic (exact) mass is 388 g/mol. The molecular formula is C14H18Br2N2O. The van der Waals surface area contributed by atoms with E-state index < -0.39 is 0 Å². The number of carbonyl (C=O) groups excluding carboxylic acids is 1. The second kappa shape index (κ2) is 6.86. The van der Waals surface area contributed by atoms with Crippen molar-refractivity contribution in [2.24, 2.45) is 5.92 Å². The lowest BCUT2D eigenvalue weighted by Crippen LogP contribution is -2.44. The first-order valence-corrected chi connectivity index (χ1v) is 8.13. The minimum absolute atomic E-state index is 0.0220. The first kappa shape index (κ1) is 15.0. The van der Waals surface area contributed by atoms with E-state index >= 15 is 0 Å². The van der Waals surface area contributed by atoms with Crippen molar-refractivity contribution < 1.29 is 4.79 Å². The quantitative estimate of drug-likeness (QED) is 0.832. The zero-order chi connectivity index (χ0) is 13.8. The number of amides is 1. The fourth-order valence-corrected chi connectivity index (χ4v) is 3.17. The predicted molar refractivity (Wildman–Crippen MR) is 84.4 cm³/mol. The minimum atomic E-state index is -0.0220. The summed E-state index contributed by atoms with van der Waals surface area (Å²) in [5.74, 6) is 0.495. The van der Waals surface area contributed by atoms with E-state index in [9.17, 15) is 4.79 Å². The zero-order valence-corrected chi connectivity index (χ0v) is 14.1. The Hall–Kier alpha value is -0.390. The molecule has 1 heterocycles. The summed E-state index contributed by atoms with van der Waals surface area (Å²) in [6, 6.07) is 5.82. The Morgan fingerprint density at radius 2 is 2.26 bits per heavy atom. The Balaban J connectivity index is 2.01. The largest absolute Gasteiger partial charge is 0.349 e. The molecule has 2 N–H and O–H groups in total. The molecule has 104 valence electrons. The number of piperidine rings is 1. The van der Waals surface area contributed by atoms with Crippen LogP contribution in [0.3, 0.4) is 0 Å². The fraction of sp³-hybridized carbons (Fsp3) is 0.500. The number of nitrogens with one attached hydrogen (secondary N) is 2. The molecule has 1 aliphatic heterocycles. The van der Waals surface area contributed by atoms with Crippen LogP contribution in [0, 0.1) is 5.92 Å². The highest BCUT2D eigenvalue weighted by atomic mass is 79.9. The van der Waals surface area contributed by atoms with E-state index in [1.165, 1.54) is 12.8 Å². The topological polar surface area (TPSA) is 41.1 Å². The van der Waals surface area contributed by atoms with Crippen molar-refractivity contribution in [3.05, 3.63) is 32.7 Å². The van der Waals surface area contributed by atoms with Gasteiger partial charge in [0, 0.05) is 15.0 Å². The predicted octanol–water partition coefficient (Wildman–Crippen LogP) is 3.33. The van der Waals surface area contributed by atoms with Crippen molar-refractivity contribution in [2.75, 3.05) is 13.1 Å². The van der Waals surface area contributed by atoms with Gasteiger partial charge in [0.2, 0.25) is 0 Å². The van der Waals surface area contributed by atoms with Gasteiger partial charge in [-0.3, -0.25) is 4.79 Å². The first-order valence-electron chi connectivity index (χ1n) is 6.54. The van der Waals surface area contributed by atoms with Gasteiger partial charge in [0.15, 0.2) is 0 Å². The highest BCUT2D eigenvalue weighted by molar-refractivity contribution is 9.11. The normalized spacial score (nSPS) is 20.9. The smallest absolute Gasteiger partial charge is 0.252 e. The molecule has 1 aliphatic rings. The molecule has 2 atom stereocenters. The summed E-state index contributed by atoms with van der Waals surface area (Å²) in [5, 5.41) is 6.49. The molecule has 19 heavy (non-hydrogen) atoms. The molecule has 2 rings (SSSR count). The Kier molecular flexibility index (Phi) is 5.42. The van der Waals surface area contributed by atoms with E-state index in [0.29, 0.717) is 11.5 Å². The third kappa shape index (κ3) is 4.04. The standard InChI is InChI=1S/C14H18Br2N2O/c1-9(10-3-2-6-17-8-10)18-14(19)12-7-11(15)4-5-13(12)16/h4-5,7,9-10,17H,2-3,6,8H2,1H3,(H,18,19). The van der Waals surface area contributed by atoms with Crippen LogP contribution in [0.1, 0.15) is 30.1 Å². The Morgan fingerprint density at radius 1 is 1.47 bits per heavy atom. The summed E-state index contributed by atoms with van der Waals surface area (Å²) in [4.78, 5) is 12.3. The van der Waals surface area contributed by atoms with E-state index in [-0.39, 0.29) is 11.9 Å². The molecule has 0 saturated carbocycles. The number of hydrogen-bond acceptors (Lipinski definition) is 2. The molecule has 1 fully saturated rings. The summed E-state index contributed by atoms with van der Waals surface area (Å²) in [6.07, 6.45) is 2.36. The van der Waals surface area contributed by atoms with Gasteiger partial charge in [-0.25, -0.2) is 0 Å². The van der Waals surface area contributed by atoms with E-state index in [2.05, 4.69) is 49.4 Å². The Morgan fingerprint density at radius 3 is 2.95 bits per heavy atom. The molecule has 1 aromatic rings. The van der Waals surface area contributed by atoms with Crippen LogP contribution < -0.4 is 10.6 Å². The van der Waals surface area contributed by atoms with Crippen LogP contribution in [0.5, 0.6) is 0 Å². The van der Waals surface area contributed by atoms with Gasteiger partial charge in [-0.2, -0.15) is 0 Å². The van der Waals surface area contributed by atoms with Crippen molar-refractivity contribution in [1.29, 1.82) is 0 Å². The van der Waals surface area contributed by atoms with E-state index in [0.717, 1.165) is 22.0 Å². The molecule has 1 aromatic carbocycles. The van der Waals surface area contributed by atoms with Gasteiger partial charge in [-0.1, -0.05) is 15.9 Å². The number of halogens is 2. The van der Waals surface area contributed by atoms with Crippen LogP contribution in [0.4, 0.5) is 0 Å². The Labute approximate surface area is 130 Å². The van der Waals surface area contributed by atoms with Gasteiger partial charge in [0.05, 0.1) is 5.56 Å². The van der Waals surface area contributed by atoms with E-state index in [4.69, 9.17) is 0 Å². The molecule has 0 bridgehead atoms. The minimum Gasteiger partial charge on any atom is -0.349 e. The number of rotatable bonds is 3. The lowest BCUT2D eigenvalue weighted by molar-refractivity contribution is 0.0921. The first-order chi connectivity index (χ1) is 9.08. The van der Waals surface area contributed by atoms with Gasteiger partial charge >= 0.3 is 0 Å². The van der Waals surface area contributed by atoms with Gasteiger partial charge < -0.3 is 10.6 Å². The van der Waals surface area contributed by atoms with Crippen molar-refractivity contribution in [3.63, 3.8) is 0 Å². The molecule has 0 aliphatic carbocycles. The maximum atomic E-state index is 12.3.